The highest BCUT2D eigenvalue weighted by molar-refractivity contribution is 7.89. The van der Waals surface area contributed by atoms with Gasteiger partial charge < -0.3 is 19.5 Å². The van der Waals surface area contributed by atoms with Gasteiger partial charge in [-0.25, -0.2) is 13.2 Å². The van der Waals surface area contributed by atoms with E-state index < -0.39 is 22.2 Å². The average molecular weight is 509 g/mol. The van der Waals surface area contributed by atoms with E-state index in [9.17, 15) is 21.6 Å². The van der Waals surface area contributed by atoms with Gasteiger partial charge >= 0.3 is 12.1 Å². The number of likely N-dealkylation sites (tertiary alicyclic amines) is 1. The molecule has 1 aromatic carbocycles. The van der Waals surface area contributed by atoms with Crippen LogP contribution in [-0.2, 0) is 19.6 Å². The van der Waals surface area contributed by atoms with Gasteiger partial charge in [-0.1, -0.05) is 18.6 Å². The summed E-state index contributed by atoms with van der Waals surface area (Å²) in [4.78, 5) is 11.8. The van der Waals surface area contributed by atoms with Crippen molar-refractivity contribution in [3.63, 3.8) is 0 Å². The zero-order valence-corrected chi connectivity index (χ0v) is 19.9. The van der Waals surface area contributed by atoms with Crippen molar-refractivity contribution in [3.05, 3.63) is 24.3 Å². The lowest BCUT2D eigenvalue weighted by Crippen LogP contribution is -2.54. The predicted molar refractivity (Wildman–Crippen MR) is 117 cm³/mol. The molecule has 0 unspecified atom stereocenters. The summed E-state index contributed by atoms with van der Waals surface area (Å²) in [6.07, 6.45) is 0.834. The quantitative estimate of drug-likeness (QED) is 0.668. The molecule has 2 fully saturated rings. The molecular formula is C22H31F3N2O6S. The van der Waals surface area contributed by atoms with E-state index in [1.807, 2.05) is 6.07 Å². The smallest absolute Gasteiger partial charge is 0.490 e. The highest BCUT2D eigenvalue weighted by Gasteiger charge is 2.44. The number of halogens is 3. The molecule has 34 heavy (non-hydrogen) atoms. The number of methoxy groups -OCH3 is 1. The van der Waals surface area contributed by atoms with Gasteiger partial charge in [0.05, 0.1) is 13.2 Å². The third kappa shape index (κ3) is 6.21. The van der Waals surface area contributed by atoms with Crippen molar-refractivity contribution in [1.29, 1.82) is 0 Å². The Labute approximate surface area is 197 Å². The SMILES string of the molecule is COCCN1CC2(CCN(C3CCC3)CC2)COc2ccccc2S1(=O)=O.O=C(O)C(F)(F)F. The Hall–Kier alpha value is -1.89. The minimum Gasteiger partial charge on any atom is -0.492 e. The molecule has 2 aliphatic heterocycles. The number of alkyl halides is 3. The molecule has 2 heterocycles. The summed E-state index contributed by atoms with van der Waals surface area (Å²) < 4.78 is 71.3. The van der Waals surface area contributed by atoms with Crippen LogP contribution in [0.4, 0.5) is 13.2 Å². The number of fused-ring (bicyclic) bond motifs is 1. The molecule has 4 rings (SSSR count). The van der Waals surface area contributed by atoms with Crippen LogP contribution >= 0.6 is 0 Å². The molecule has 192 valence electrons. The molecule has 0 bridgehead atoms. The lowest BCUT2D eigenvalue weighted by Gasteiger charge is -2.48. The van der Waals surface area contributed by atoms with Crippen LogP contribution in [0, 0.1) is 5.41 Å². The summed E-state index contributed by atoms with van der Waals surface area (Å²) >= 11 is 0. The highest BCUT2D eigenvalue weighted by Crippen LogP contribution is 2.40. The first-order chi connectivity index (χ1) is 16.0. The van der Waals surface area contributed by atoms with Crippen LogP contribution in [0.5, 0.6) is 5.75 Å². The Balaban J connectivity index is 0.000000406. The third-order valence-corrected chi connectivity index (χ3v) is 8.63. The summed E-state index contributed by atoms with van der Waals surface area (Å²) in [5.74, 6) is -2.28. The monoisotopic (exact) mass is 508 g/mol. The number of sulfonamides is 1. The van der Waals surface area contributed by atoms with Crippen LogP contribution < -0.4 is 4.74 Å². The molecule has 1 aliphatic carbocycles. The average Bonchev–Trinajstić information content (AvgIpc) is 2.75. The Morgan fingerprint density at radius 2 is 1.85 bits per heavy atom. The molecule has 0 aromatic heterocycles. The molecule has 1 spiro atoms. The van der Waals surface area contributed by atoms with Gasteiger partial charge in [0.1, 0.15) is 10.6 Å². The number of hydrogen-bond donors (Lipinski definition) is 1. The predicted octanol–water partition coefficient (Wildman–Crippen LogP) is 2.98. The molecule has 3 aliphatic rings. The molecule has 1 saturated carbocycles. The number of benzene rings is 1. The van der Waals surface area contributed by atoms with Crippen molar-refractivity contribution in [1.82, 2.24) is 9.21 Å². The second-order valence-electron chi connectivity index (χ2n) is 8.99. The van der Waals surface area contributed by atoms with Crippen molar-refractivity contribution in [2.45, 2.75) is 49.2 Å². The Morgan fingerprint density at radius 3 is 2.38 bits per heavy atom. The maximum Gasteiger partial charge on any atom is 0.490 e. The summed E-state index contributed by atoms with van der Waals surface area (Å²) in [7, 11) is -1.99. The first kappa shape index (κ1) is 26.7. The van der Waals surface area contributed by atoms with Crippen LogP contribution in [0.15, 0.2) is 29.2 Å². The van der Waals surface area contributed by atoms with Crippen molar-refractivity contribution in [3.8, 4) is 5.75 Å². The molecular weight excluding hydrogens is 477 g/mol. The summed E-state index contributed by atoms with van der Waals surface area (Å²) in [6, 6.07) is 7.74. The van der Waals surface area contributed by atoms with Crippen LogP contribution in [0.2, 0.25) is 0 Å². The topological polar surface area (TPSA) is 96.4 Å². The highest BCUT2D eigenvalue weighted by atomic mass is 32.2. The van der Waals surface area contributed by atoms with Gasteiger partial charge in [0.15, 0.2) is 0 Å². The van der Waals surface area contributed by atoms with Gasteiger partial charge in [-0.3, -0.25) is 0 Å². The van der Waals surface area contributed by atoms with Crippen LogP contribution in [0.1, 0.15) is 32.1 Å². The minimum atomic E-state index is -5.08. The largest absolute Gasteiger partial charge is 0.492 e. The standard InChI is InChI=1S/C20H30N2O4S.C2HF3O2/c1-25-14-13-22-15-20(9-11-21(12-10-20)17-5-4-6-17)16-26-18-7-2-3-8-19(18)27(22,23)24;3-2(4,5)1(6)7/h2-3,7-8,17H,4-6,9-16H2,1H3;(H,6,7). The molecule has 1 N–H and O–H groups in total. The number of carboxylic acid groups (broad SMARTS) is 1. The number of ether oxygens (including phenoxy) is 2. The van der Waals surface area contributed by atoms with E-state index in [-0.39, 0.29) is 10.3 Å². The molecule has 0 amide bonds. The Morgan fingerprint density at radius 1 is 1.24 bits per heavy atom. The lowest BCUT2D eigenvalue weighted by atomic mass is 9.77. The number of para-hydroxylation sites is 1. The first-order valence-electron chi connectivity index (χ1n) is 11.2. The fourth-order valence-electron chi connectivity index (χ4n) is 4.47. The van der Waals surface area contributed by atoms with Gasteiger partial charge in [0, 0.05) is 31.7 Å². The maximum absolute atomic E-state index is 13.3. The maximum atomic E-state index is 13.3. The van der Waals surface area contributed by atoms with Gasteiger partial charge in [-0.2, -0.15) is 17.5 Å². The summed E-state index contributed by atoms with van der Waals surface area (Å²) in [6.45, 7) is 3.92. The van der Waals surface area contributed by atoms with Gasteiger partial charge in [0.25, 0.3) is 0 Å². The second kappa shape index (κ2) is 10.8. The Kier molecular flexibility index (Phi) is 8.48. The Bertz CT molecular complexity index is 944. The molecule has 12 heteroatoms. The molecule has 0 radical (unpaired) electrons. The minimum absolute atomic E-state index is 0.130. The summed E-state index contributed by atoms with van der Waals surface area (Å²) in [5, 5.41) is 7.12. The molecule has 1 saturated heterocycles. The van der Waals surface area contributed by atoms with Crippen molar-refractivity contribution < 1.29 is 41.0 Å². The molecule has 1 aromatic rings. The number of nitrogens with zero attached hydrogens (tertiary/aromatic N) is 2. The zero-order chi connectivity index (χ0) is 25.0. The number of aliphatic carboxylic acids is 1. The van der Waals surface area contributed by atoms with E-state index in [4.69, 9.17) is 19.4 Å². The number of hydrogen-bond acceptors (Lipinski definition) is 6. The van der Waals surface area contributed by atoms with Gasteiger partial charge in [0.2, 0.25) is 10.0 Å². The van der Waals surface area contributed by atoms with Crippen molar-refractivity contribution >= 4 is 16.0 Å². The molecule has 8 nitrogen and oxygen atoms in total. The van der Waals surface area contributed by atoms with Crippen LogP contribution in [0.25, 0.3) is 0 Å². The third-order valence-electron chi connectivity index (χ3n) is 6.75. The normalized spacial score (nSPS) is 22.8. The summed E-state index contributed by atoms with van der Waals surface area (Å²) in [5.41, 5.74) is -0.130. The fourth-order valence-corrected chi connectivity index (χ4v) is 6.14. The van der Waals surface area contributed by atoms with Crippen molar-refractivity contribution in [2.24, 2.45) is 5.41 Å². The van der Waals surface area contributed by atoms with Gasteiger partial charge in [-0.05, 0) is 50.9 Å². The van der Waals surface area contributed by atoms with Crippen molar-refractivity contribution in [2.75, 3.05) is 46.5 Å². The van der Waals surface area contributed by atoms with E-state index in [2.05, 4.69) is 4.90 Å². The van der Waals surface area contributed by atoms with Gasteiger partial charge in [-0.15, -0.1) is 0 Å². The number of piperidine rings is 1. The van der Waals surface area contributed by atoms with E-state index in [1.54, 1.807) is 29.6 Å². The van der Waals surface area contributed by atoms with Crippen LogP contribution in [-0.4, -0.2) is 87.4 Å². The fraction of sp³-hybridized carbons (Fsp3) is 0.682. The van der Waals surface area contributed by atoms with E-state index in [0.717, 1.165) is 32.0 Å². The number of carboxylic acids is 1. The number of carbonyl (C=O) groups is 1. The van der Waals surface area contributed by atoms with E-state index in [0.29, 0.717) is 32.1 Å². The zero-order valence-electron chi connectivity index (χ0n) is 19.1. The van der Waals surface area contributed by atoms with Crippen LogP contribution in [0.3, 0.4) is 0 Å². The van der Waals surface area contributed by atoms with E-state index in [1.165, 1.54) is 19.3 Å². The lowest BCUT2D eigenvalue weighted by molar-refractivity contribution is -0.192. The number of rotatable bonds is 4. The second-order valence-corrected chi connectivity index (χ2v) is 10.9. The molecule has 0 atom stereocenters. The first-order valence-corrected chi connectivity index (χ1v) is 12.7. The van der Waals surface area contributed by atoms with E-state index >= 15 is 0 Å².